The molecule has 44 heavy (non-hydrogen) atoms. The minimum Gasteiger partial charge on any atom is -0.494 e. The number of hydrogen-bond donors (Lipinski definition) is 3. The maximum atomic E-state index is 14.1. The van der Waals surface area contributed by atoms with Crippen LogP contribution in [0.25, 0.3) is 10.4 Å². The van der Waals surface area contributed by atoms with Gasteiger partial charge in [0.25, 0.3) is 5.91 Å². The third-order valence-corrected chi connectivity index (χ3v) is 8.71. The number of ether oxygens (including phenoxy) is 2. The number of aliphatic hydroxyl groups excluding tert-OH is 1. The Bertz CT molecular complexity index is 1620. The zero-order valence-electron chi connectivity index (χ0n) is 24.0. The first-order chi connectivity index (χ1) is 21.3. The molecule has 13 heteroatoms. The van der Waals surface area contributed by atoms with Gasteiger partial charge in [0.15, 0.2) is 21.5 Å². The summed E-state index contributed by atoms with van der Waals surface area (Å²) in [5.74, 6) is -0.307. The van der Waals surface area contributed by atoms with Crippen LogP contribution in [0.5, 0.6) is 5.75 Å². The van der Waals surface area contributed by atoms with Crippen LogP contribution >= 0.6 is 0 Å². The molecular weight excluding hydrogens is 584 g/mol. The summed E-state index contributed by atoms with van der Waals surface area (Å²) in [6.07, 6.45) is 0.749. The van der Waals surface area contributed by atoms with E-state index in [0.29, 0.717) is 35.5 Å². The molecule has 0 aliphatic carbocycles. The highest BCUT2D eigenvalue weighted by atomic mass is 32.2. The second-order valence-electron chi connectivity index (χ2n) is 9.88. The smallest absolute Gasteiger partial charge is 0.266 e. The van der Waals surface area contributed by atoms with Crippen LogP contribution in [-0.2, 0) is 25.9 Å². The van der Waals surface area contributed by atoms with Gasteiger partial charge < -0.3 is 14.6 Å². The van der Waals surface area contributed by atoms with Crippen molar-refractivity contribution >= 4 is 21.6 Å². The van der Waals surface area contributed by atoms with E-state index in [1.807, 2.05) is 0 Å². The first-order valence-corrected chi connectivity index (χ1v) is 15.6. The van der Waals surface area contributed by atoms with Gasteiger partial charge in [0.05, 0.1) is 23.8 Å². The summed E-state index contributed by atoms with van der Waals surface area (Å²) in [5.41, 5.74) is 14.3. The molecule has 0 saturated heterocycles. The number of carbonyl (C=O) groups is 1. The summed E-state index contributed by atoms with van der Waals surface area (Å²) in [7, 11) is -3.82. The molecule has 1 aliphatic heterocycles. The van der Waals surface area contributed by atoms with Crippen LogP contribution in [0.4, 0.5) is 0 Å². The molecule has 0 bridgehead atoms. The molecule has 3 aromatic rings. The van der Waals surface area contributed by atoms with Crippen LogP contribution in [-0.4, -0.2) is 56.4 Å². The Labute approximate surface area is 256 Å². The van der Waals surface area contributed by atoms with E-state index in [-0.39, 0.29) is 36.9 Å². The average molecular weight is 619 g/mol. The minimum atomic E-state index is -3.82. The highest BCUT2D eigenvalue weighted by molar-refractivity contribution is 7.91. The zero-order valence-corrected chi connectivity index (χ0v) is 24.8. The Morgan fingerprint density at radius 3 is 2.57 bits per heavy atom. The molecule has 3 aromatic carbocycles. The van der Waals surface area contributed by atoms with Gasteiger partial charge in [-0.05, 0) is 53.1 Å². The predicted octanol–water partition coefficient (Wildman–Crippen LogP) is 4.19. The Morgan fingerprint density at radius 2 is 1.86 bits per heavy atom. The van der Waals surface area contributed by atoms with Crippen molar-refractivity contribution in [3.8, 4) is 5.75 Å². The molecule has 4 rings (SSSR count). The third kappa shape index (κ3) is 7.63. The van der Waals surface area contributed by atoms with Crippen LogP contribution in [0.1, 0.15) is 35.6 Å². The molecule has 1 aliphatic rings. The van der Waals surface area contributed by atoms with E-state index >= 15 is 0 Å². The molecule has 0 unspecified atom stereocenters. The molecule has 230 valence electrons. The molecule has 2 atom stereocenters. The van der Waals surface area contributed by atoms with Crippen molar-refractivity contribution in [2.75, 3.05) is 25.5 Å². The monoisotopic (exact) mass is 618 g/mol. The molecule has 1 amide bonds. The van der Waals surface area contributed by atoms with E-state index in [1.54, 1.807) is 72.8 Å². The lowest BCUT2D eigenvalue weighted by Crippen LogP contribution is -2.53. The van der Waals surface area contributed by atoms with E-state index in [1.165, 1.54) is 12.1 Å². The average Bonchev–Trinajstić information content (AvgIpc) is 3.45. The largest absolute Gasteiger partial charge is 0.494 e. The molecule has 0 radical (unpaired) electrons. The van der Waals surface area contributed by atoms with Crippen LogP contribution in [0.2, 0.25) is 0 Å². The second-order valence-corrected chi connectivity index (χ2v) is 12.0. The van der Waals surface area contributed by atoms with Gasteiger partial charge in [-0.25, -0.2) is 18.8 Å². The zero-order chi connectivity index (χ0) is 31.4. The number of benzene rings is 3. The van der Waals surface area contributed by atoms with Gasteiger partial charge >= 0.3 is 0 Å². The van der Waals surface area contributed by atoms with E-state index in [0.717, 1.165) is 0 Å². The minimum absolute atomic E-state index is 0.0110. The van der Waals surface area contributed by atoms with Gasteiger partial charge in [-0.15, -0.1) is 6.58 Å². The molecule has 0 aromatic heterocycles. The first-order valence-electron chi connectivity index (χ1n) is 14.0. The fraction of sp³-hybridized carbons (Fsp3) is 0.290. The SMILES string of the molecule is C=CCNNC(=O)[C@@]1(CCS(=O)(=O)c2ccccc2)N=C(c2ccc(OCCCO)cc2)O[C@H]1c1ccccc1CN=[N+]=[N-]. The van der Waals surface area contributed by atoms with Crippen molar-refractivity contribution in [3.63, 3.8) is 0 Å². The number of aliphatic imine (C=N–C) groups is 1. The van der Waals surface area contributed by atoms with Gasteiger partial charge in [0, 0.05) is 36.5 Å². The number of nitrogens with one attached hydrogen (secondary N) is 2. The number of nitrogens with zero attached hydrogens (tertiary/aromatic N) is 4. The maximum absolute atomic E-state index is 14.1. The second kappa shape index (κ2) is 15.2. The van der Waals surface area contributed by atoms with Gasteiger partial charge in [-0.3, -0.25) is 10.2 Å². The van der Waals surface area contributed by atoms with Crippen molar-refractivity contribution in [2.24, 2.45) is 10.1 Å². The number of hydrogen-bond acceptors (Lipinski definition) is 9. The maximum Gasteiger partial charge on any atom is 0.266 e. The molecule has 0 saturated carbocycles. The number of azide groups is 1. The number of amides is 1. The fourth-order valence-corrected chi connectivity index (χ4v) is 6.12. The number of hydrazine groups is 1. The Hall–Kier alpha value is -4.68. The standard InChI is InChI=1S/C31H34N6O6S/c1-2-18-33-36-30(39)31(17-21-44(40,41)26-10-4-3-5-11-26)28(27-12-7-6-9-24(27)22-34-37-32)43-29(35-31)23-13-15-25(16-14-23)42-20-8-19-38/h2-7,9-16,28,33,38H,1,8,17-22H2,(H,36,39)/t28-,31-/m0/s1. The summed E-state index contributed by atoms with van der Waals surface area (Å²) >= 11 is 0. The van der Waals surface area contributed by atoms with Crippen LogP contribution in [0.15, 0.2) is 107 Å². The van der Waals surface area contributed by atoms with Gasteiger partial charge in [-0.2, -0.15) is 0 Å². The number of carbonyl (C=O) groups excluding carboxylic acids is 1. The van der Waals surface area contributed by atoms with Crippen molar-refractivity contribution < 1.29 is 27.8 Å². The first kappa shape index (κ1) is 32.2. The fourth-order valence-electron chi connectivity index (χ4n) is 4.74. The van der Waals surface area contributed by atoms with Gasteiger partial charge in [0.2, 0.25) is 5.90 Å². The Morgan fingerprint density at radius 1 is 1.14 bits per heavy atom. The molecule has 0 fully saturated rings. The third-order valence-electron chi connectivity index (χ3n) is 6.97. The molecule has 12 nitrogen and oxygen atoms in total. The molecule has 1 heterocycles. The highest BCUT2D eigenvalue weighted by Crippen LogP contribution is 2.44. The molecular formula is C31H34N6O6S. The van der Waals surface area contributed by atoms with E-state index < -0.39 is 33.1 Å². The lowest BCUT2D eigenvalue weighted by Gasteiger charge is -2.31. The van der Waals surface area contributed by atoms with E-state index in [2.05, 4.69) is 27.5 Å². The highest BCUT2D eigenvalue weighted by Gasteiger charge is 2.54. The normalized spacial score (nSPS) is 17.6. The summed E-state index contributed by atoms with van der Waals surface area (Å²) in [5, 5.41) is 12.7. The molecule has 3 N–H and O–H groups in total. The van der Waals surface area contributed by atoms with Crippen molar-refractivity contribution in [3.05, 3.63) is 119 Å². The number of aliphatic hydroxyl groups is 1. The van der Waals surface area contributed by atoms with Gasteiger partial charge in [0.1, 0.15) is 5.75 Å². The summed E-state index contributed by atoms with van der Waals surface area (Å²) in [6, 6.07) is 21.9. The van der Waals surface area contributed by atoms with Crippen molar-refractivity contribution in [2.45, 2.75) is 35.9 Å². The lowest BCUT2D eigenvalue weighted by atomic mass is 9.83. The summed E-state index contributed by atoms with van der Waals surface area (Å²) in [4.78, 5) is 21.9. The van der Waals surface area contributed by atoms with Crippen LogP contribution in [0.3, 0.4) is 0 Å². The quantitative estimate of drug-likeness (QED) is 0.0539. The van der Waals surface area contributed by atoms with E-state index in [9.17, 15) is 13.2 Å². The Balaban J connectivity index is 1.81. The predicted molar refractivity (Wildman–Crippen MR) is 165 cm³/mol. The molecule has 0 spiro atoms. The summed E-state index contributed by atoms with van der Waals surface area (Å²) in [6.45, 7) is 4.23. The van der Waals surface area contributed by atoms with Crippen LogP contribution in [0, 0.1) is 0 Å². The van der Waals surface area contributed by atoms with Crippen molar-refractivity contribution in [1.29, 1.82) is 0 Å². The van der Waals surface area contributed by atoms with Gasteiger partial charge in [-0.1, -0.05) is 53.7 Å². The number of sulfone groups is 1. The Kier molecular flexibility index (Phi) is 11.1. The van der Waals surface area contributed by atoms with Crippen molar-refractivity contribution in [1.82, 2.24) is 10.9 Å². The van der Waals surface area contributed by atoms with E-state index in [4.69, 9.17) is 25.1 Å². The van der Waals surface area contributed by atoms with Crippen LogP contribution < -0.4 is 15.6 Å². The summed E-state index contributed by atoms with van der Waals surface area (Å²) < 4.78 is 38.9. The topological polar surface area (TPSA) is 175 Å². The number of rotatable bonds is 16. The lowest BCUT2D eigenvalue weighted by molar-refractivity contribution is -0.130.